The molecule has 1 aliphatic rings. The standard InChI is InChI=1S/C6H11O2.2C2H5O.Ti/c1-2-3-7-4-6-5-8-6;2*1-2-3;/h6H,1-5H2;2*2H2,1H3;/q;2*-1;+2. The Labute approximate surface area is 99.0 Å². The molecule has 0 aliphatic carbocycles. The third kappa shape index (κ3) is 7.44. The van der Waals surface area contributed by atoms with Crippen LogP contribution < -0.4 is 0 Å². The Morgan fingerprint density at radius 1 is 1.27 bits per heavy atom. The molecule has 1 aliphatic heterocycles. The fraction of sp³-hybridized carbons (Fsp3) is 1.00. The van der Waals surface area contributed by atoms with Crippen LogP contribution in [0.4, 0.5) is 0 Å². The Hall–Kier alpha value is 0.554. The fourth-order valence-electron chi connectivity index (χ4n) is 1.21. The summed E-state index contributed by atoms with van der Waals surface area (Å²) in [6, 6.07) is 0. The number of hydrogen-bond donors (Lipinski definition) is 0. The van der Waals surface area contributed by atoms with Crippen LogP contribution in [0.1, 0.15) is 20.3 Å². The number of rotatable bonds is 10. The molecule has 1 heterocycles. The minimum atomic E-state index is -1.66. The molecule has 0 aromatic heterocycles. The first kappa shape index (κ1) is 13.6. The van der Waals surface area contributed by atoms with Crippen molar-refractivity contribution in [2.75, 3.05) is 33.0 Å². The fourth-order valence-corrected chi connectivity index (χ4v) is 3.47. The zero-order valence-corrected chi connectivity index (χ0v) is 11.2. The van der Waals surface area contributed by atoms with Gasteiger partial charge in [0.05, 0.1) is 0 Å². The van der Waals surface area contributed by atoms with E-state index in [2.05, 4.69) is 0 Å². The van der Waals surface area contributed by atoms with Gasteiger partial charge in [-0.25, -0.2) is 0 Å². The molecule has 0 amide bonds. The van der Waals surface area contributed by atoms with Crippen LogP contribution in [0.2, 0.25) is 4.73 Å². The molecule has 1 unspecified atom stereocenters. The quantitative estimate of drug-likeness (QED) is 0.338. The van der Waals surface area contributed by atoms with E-state index in [1.807, 2.05) is 13.8 Å². The first-order valence-electron chi connectivity index (χ1n) is 5.67. The van der Waals surface area contributed by atoms with Gasteiger partial charge in [0, 0.05) is 0 Å². The van der Waals surface area contributed by atoms with Gasteiger partial charge in [-0.2, -0.15) is 0 Å². The summed E-state index contributed by atoms with van der Waals surface area (Å²) < 4.78 is 22.7. The summed E-state index contributed by atoms with van der Waals surface area (Å²) in [4.78, 5) is 0. The van der Waals surface area contributed by atoms with Crippen molar-refractivity contribution in [2.24, 2.45) is 0 Å². The van der Waals surface area contributed by atoms with Gasteiger partial charge >= 0.3 is 98.9 Å². The second-order valence-corrected chi connectivity index (χ2v) is 6.22. The van der Waals surface area contributed by atoms with Crippen LogP contribution >= 0.6 is 0 Å². The van der Waals surface area contributed by atoms with Crippen LogP contribution in [0.15, 0.2) is 0 Å². The molecule has 5 heteroatoms. The molecule has 89 valence electrons. The van der Waals surface area contributed by atoms with Crippen molar-refractivity contribution >= 4 is 0 Å². The molecule has 15 heavy (non-hydrogen) atoms. The van der Waals surface area contributed by atoms with E-state index in [0.717, 1.165) is 44.2 Å². The first-order valence-corrected chi connectivity index (χ1v) is 8.05. The Balaban J connectivity index is 1.89. The van der Waals surface area contributed by atoms with Crippen molar-refractivity contribution in [1.29, 1.82) is 0 Å². The van der Waals surface area contributed by atoms with E-state index in [1.54, 1.807) is 0 Å². The second kappa shape index (κ2) is 8.68. The molecule has 1 fully saturated rings. The average Bonchev–Trinajstić information content (AvgIpc) is 3.02. The molecular formula is C10H21O4Ti. The Bertz CT molecular complexity index is 146. The van der Waals surface area contributed by atoms with Gasteiger partial charge in [-0.1, -0.05) is 0 Å². The molecule has 0 saturated carbocycles. The summed E-state index contributed by atoms with van der Waals surface area (Å²) in [6.07, 6.45) is 1.42. The molecular weight excluding hydrogens is 232 g/mol. The van der Waals surface area contributed by atoms with Crippen LogP contribution in [-0.4, -0.2) is 39.1 Å². The van der Waals surface area contributed by atoms with Crippen molar-refractivity contribution in [1.82, 2.24) is 0 Å². The first-order chi connectivity index (χ1) is 7.36. The molecule has 0 aromatic carbocycles. The van der Waals surface area contributed by atoms with Gasteiger partial charge in [-0.3, -0.25) is 0 Å². The van der Waals surface area contributed by atoms with Crippen LogP contribution in [0, 0.1) is 0 Å². The predicted molar refractivity (Wildman–Crippen MR) is 53.2 cm³/mol. The van der Waals surface area contributed by atoms with E-state index in [4.69, 9.17) is 16.1 Å². The third-order valence-corrected chi connectivity index (χ3v) is 5.08. The molecule has 4 nitrogen and oxygen atoms in total. The van der Waals surface area contributed by atoms with Gasteiger partial charge in [-0.05, 0) is 0 Å². The minimum absolute atomic E-state index is 0.374. The average molecular weight is 253 g/mol. The zero-order valence-electron chi connectivity index (χ0n) is 9.66. The van der Waals surface area contributed by atoms with E-state index in [-0.39, 0.29) is 0 Å². The van der Waals surface area contributed by atoms with Crippen LogP contribution in [0.3, 0.4) is 0 Å². The summed E-state index contributed by atoms with van der Waals surface area (Å²) in [6.45, 7) is 8.00. The molecule has 1 rings (SSSR count). The zero-order chi connectivity index (χ0) is 10.9. The molecule has 1 saturated heterocycles. The van der Waals surface area contributed by atoms with Crippen molar-refractivity contribution in [3.63, 3.8) is 0 Å². The molecule has 0 aromatic rings. The van der Waals surface area contributed by atoms with E-state index >= 15 is 0 Å². The SMILES string of the molecule is CC[O][Ti]([CH2]CCOCC1CO1)[O]CC. The summed E-state index contributed by atoms with van der Waals surface area (Å²) in [5, 5.41) is 0. The van der Waals surface area contributed by atoms with Gasteiger partial charge in [0.25, 0.3) is 0 Å². The van der Waals surface area contributed by atoms with Crippen molar-refractivity contribution in [2.45, 2.75) is 31.1 Å². The summed E-state index contributed by atoms with van der Waals surface area (Å²) in [5.41, 5.74) is 0. The summed E-state index contributed by atoms with van der Waals surface area (Å²) >= 11 is -1.66. The van der Waals surface area contributed by atoms with E-state index in [0.29, 0.717) is 6.10 Å². The van der Waals surface area contributed by atoms with E-state index < -0.39 is 18.6 Å². The maximum atomic E-state index is 5.59. The number of epoxide rings is 1. The van der Waals surface area contributed by atoms with Crippen LogP contribution in [0.5, 0.6) is 0 Å². The molecule has 0 N–H and O–H groups in total. The second-order valence-electron chi connectivity index (χ2n) is 3.37. The number of hydrogen-bond acceptors (Lipinski definition) is 4. The molecule has 0 radical (unpaired) electrons. The van der Waals surface area contributed by atoms with Gasteiger partial charge in [0.1, 0.15) is 0 Å². The summed E-state index contributed by atoms with van der Waals surface area (Å²) in [5.74, 6) is 0. The molecule has 1 atom stereocenters. The Morgan fingerprint density at radius 2 is 1.93 bits per heavy atom. The van der Waals surface area contributed by atoms with E-state index in [1.165, 1.54) is 0 Å². The number of ether oxygens (including phenoxy) is 2. The monoisotopic (exact) mass is 253 g/mol. The third-order valence-electron chi connectivity index (χ3n) is 1.99. The van der Waals surface area contributed by atoms with Crippen molar-refractivity contribution in [3.05, 3.63) is 0 Å². The molecule has 0 bridgehead atoms. The van der Waals surface area contributed by atoms with Gasteiger partial charge in [0.2, 0.25) is 0 Å². The van der Waals surface area contributed by atoms with Crippen molar-refractivity contribution < 1.29 is 34.8 Å². The summed E-state index contributed by atoms with van der Waals surface area (Å²) in [7, 11) is 0. The Kier molecular flexibility index (Phi) is 7.88. The maximum absolute atomic E-state index is 5.59. The predicted octanol–water partition coefficient (Wildman–Crippen LogP) is 1.73. The topological polar surface area (TPSA) is 40.2 Å². The normalized spacial score (nSPS) is 19.2. The van der Waals surface area contributed by atoms with Crippen LogP contribution in [0.25, 0.3) is 0 Å². The van der Waals surface area contributed by atoms with Crippen molar-refractivity contribution in [3.8, 4) is 0 Å². The Morgan fingerprint density at radius 3 is 2.47 bits per heavy atom. The van der Waals surface area contributed by atoms with Gasteiger partial charge < -0.3 is 0 Å². The van der Waals surface area contributed by atoms with Gasteiger partial charge in [-0.15, -0.1) is 0 Å². The molecule has 0 spiro atoms. The van der Waals surface area contributed by atoms with E-state index in [9.17, 15) is 0 Å². The van der Waals surface area contributed by atoms with Crippen LogP contribution in [-0.2, 0) is 34.8 Å². The van der Waals surface area contributed by atoms with Gasteiger partial charge in [0.15, 0.2) is 0 Å².